The van der Waals surface area contributed by atoms with Crippen molar-refractivity contribution in [2.24, 2.45) is 23.7 Å². The van der Waals surface area contributed by atoms with Gasteiger partial charge in [0.15, 0.2) is 0 Å². The molecule has 21 heavy (non-hydrogen) atoms. The highest BCUT2D eigenvalue weighted by Gasteiger charge is 2.52. The van der Waals surface area contributed by atoms with E-state index < -0.39 is 0 Å². The maximum atomic E-state index is 9.68. The van der Waals surface area contributed by atoms with Crippen LogP contribution in [0.1, 0.15) is 73.6 Å². The lowest BCUT2D eigenvalue weighted by Gasteiger charge is -2.40. The molecule has 1 aliphatic carbocycles. The number of aliphatic hydroxyl groups is 1. The Balaban J connectivity index is 2.21. The number of likely N-dealkylation sites (tertiary alicyclic amines) is 1. The van der Waals surface area contributed by atoms with Gasteiger partial charge < -0.3 is 5.11 Å². The van der Waals surface area contributed by atoms with Gasteiger partial charge in [0.05, 0.1) is 6.10 Å². The smallest absolute Gasteiger partial charge is 0.0512 e. The summed E-state index contributed by atoms with van der Waals surface area (Å²) >= 11 is 0. The molecule has 0 aromatic rings. The molecule has 0 bridgehead atoms. The molecule has 1 aliphatic heterocycles. The van der Waals surface area contributed by atoms with Crippen molar-refractivity contribution in [2.75, 3.05) is 0 Å². The van der Waals surface area contributed by atoms with E-state index in [1.54, 1.807) is 0 Å². The van der Waals surface area contributed by atoms with Crippen LogP contribution >= 0.6 is 0 Å². The monoisotopic (exact) mass is 295 g/mol. The molecule has 2 rings (SSSR count). The first kappa shape index (κ1) is 17.3. The standard InChI is InChI=1S/C19H37NO/c1-12(2)18-15(6)20(13(3)4)17-9-7-8-16(19(17)18)11-10-14(5)21/h12-19,21H,7-11H2,1-6H3/t14-,15?,16+,17+,18?,19-/m0/s1. The number of hydrogen-bond donors (Lipinski definition) is 1. The van der Waals surface area contributed by atoms with E-state index in [1.165, 1.54) is 25.7 Å². The number of nitrogens with zero attached hydrogens (tertiary/aromatic N) is 1. The second kappa shape index (κ2) is 7.00. The van der Waals surface area contributed by atoms with Crippen LogP contribution < -0.4 is 0 Å². The molecule has 1 saturated heterocycles. The second-order valence-electron chi connectivity index (χ2n) is 8.36. The molecule has 0 radical (unpaired) electrons. The van der Waals surface area contributed by atoms with Crippen molar-refractivity contribution in [3.63, 3.8) is 0 Å². The van der Waals surface area contributed by atoms with Crippen molar-refractivity contribution in [2.45, 2.75) is 97.9 Å². The summed E-state index contributed by atoms with van der Waals surface area (Å²) in [6.45, 7) is 14.0. The third-order valence-electron chi connectivity index (χ3n) is 6.24. The topological polar surface area (TPSA) is 23.5 Å². The Kier molecular flexibility index (Phi) is 5.76. The molecule has 124 valence electrons. The van der Waals surface area contributed by atoms with Crippen molar-refractivity contribution in [3.8, 4) is 0 Å². The molecule has 0 aromatic carbocycles. The summed E-state index contributed by atoms with van der Waals surface area (Å²) in [6, 6.07) is 2.17. The first-order valence-corrected chi connectivity index (χ1v) is 9.30. The Hall–Kier alpha value is -0.0800. The number of fused-ring (bicyclic) bond motifs is 1. The minimum Gasteiger partial charge on any atom is -0.393 e. The summed E-state index contributed by atoms with van der Waals surface area (Å²) in [5, 5.41) is 9.68. The molecule has 2 nitrogen and oxygen atoms in total. The van der Waals surface area contributed by atoms with Gasteiger partial charge in [0.2, 0.25) is 0 Å². The lowest BCUT2D eigenvalue weighted by Crippen LogP contribution is -2.44. The van der Waals surface area contributed by atoms with Crippen LogP contribution in [0.3, 0.4) is 0 Å². The average molecular weight is 296 g/mol. The highest BCUT2D eigenvalue weighted by Crippen LogP contribution is 2.51. The normalized spacial score (nSPS) is 39.0. The van der Waals surface area contributed by atoms with Gasteiger partial charge in [-0.05, 0) is 70.6 Å². The lowest BCUT2D eigenvalue weighted by atomic mass is 9.66. The van der Waals surface area contributed by atoms with Crippen molar-refractivity contribution < 1.29 is 5.11 Å². The van der Waals surface area contributed by atoms with Gasteiger partial charge in [-0.15, -0.1) is 0 Å². The van der Waals surface area contributed by atoms with Crippen LogP contribution in [-0.2, 0) is 0 Å². The molecular weight excluding hydrogens is 258 g/mol. The van der Waals surface area contributed by atoms with E-state index in [9.17, 15) is 5.11 Å². The van der Waals surface area contributed by atoms with Crippen LogP contribution in [0.2, 0.25) is 0 Å². The van der Waals surface area contributed by atoms with Gasteiger partial charge in [-0.1, -0.05) is 26.7 Å². The summed E-state index contributed by atoms with van der Waals surface area (Å²) in [5.41, 5.74) is 0. The minimum atomic E-state index is -0.136. The molecule has 2 fully saturated rings. The summed E-state index contributed by atoms with van der Waals surface area (Å²) in [7, 11) is 0. The Bertz CT molecular complexity index is 326. The highest BCUT2D eigenvalue weighted by atomic mass is 16.3. The molecule has 0 amide bonds. The molecular formula is C19H37NO. The number of hydrogen-bond acceptors (Lipinski definition) is 2. The quantitative estimate of drug-likeness (QED) is 0.816. The average Bonchev–Trinajstić information content (AvgIpc) is 2.68. The maximum Gasteiger partial charge on any atom is 0.0512 e. The predicted molar refractivity (Wildman–Crippen MR) is 90.3 cm³/mol. The van der Waals surface area contributed by atoms with Crippen LogP contribution in [0.25, 0.3) is 0 Å². The zero-order valence-electron chi connectivity index (χ0n) is 15.0. The van der Waals surface area contributed by atoms with Crippen LogP contribution in [0, 0.1) is 23.7 Å². The van der Waals surface area contributed by atoms with E-state index in [0.29, 0.717) is 12.1 Å². The molecule has 1 heterocycles. The molecule has 2 heteroatoms. The number of aliphatic hydroxyl groups excluding tert-OH is 1. The van der Waals surface area contributed by atoms with Gasteiger partial charge in [-0.2, -0.15) is 0 Å². The Morgan fingerprint density at radius 2 is 1.76 bits per heavy atom. The van der Waals surface area contributed by atoms with Gasteiger partial charge in [-0.25, -0.2) is 0 Å². The fraction of sp³-hybridized carbons (Fsp3) is 1.00. The maximum absolute atomic E-state index is 9.68. The zero-order chi connectivity index (χ0) is 15.7. The minimum absolute atomic E-state index is 0.136. The summed E-state index contributed by atoms with van der Waals surface area (Å²) in [6.07, 6.45) is 6.22. The van der Waals surface area contributed by atoms with E-state index in [2.05, 4.69) is 39.5 Å². The van der Waals surface area contributed by atoms with Gasteiger partial charge in [-0.3, -0.25) is 4.90 Å². The summed E-state index contributed by atoms with van der Waals surface area (Å²) in [5.74, 6) is 3.28. The van der Waals surface area contributed by atoms with Crippen LogP contribution in [-0.4, -0.2) is 34.2 Å². The van der Waals surface area contributed by atoms with Crippen molar-refractivity contribution in [1.82, 2.24) is 4.90 Å². The first-order valence-electron chi connectivity index (χ1n) is 9.30. The molecule has 2 unspecified atom stereocenters. The Morgan fingerprint density at radius 3 is 2.29 bits per heavy atom. The largest absolute Gasteiger partial charge is 0.393 e. The predicted octanol–water partition coefficient (Wildman–Crippen LogP) is 4.32. The van der Waals surface area contributed by atoms with Crippen molar-refractivity contribution in [1.29, 1.82) is 0 Å². The van der Waals surface area contributed by atoms with Gasteiger partial charge in [0.25, 0.3) is 0 Å². The van der Waals surface area contributed by atoms with Crippen LogP contribution in [0.15, 0.2) is 0 Å². The Labute approximate surface area is 132 Å². The third-order valence-corrected chi connectivity index (χ3v) is 6.24. The SMILES string of the molecule is CC(C)C1C(C)N(C(C)C)[C@@H]2CCC[C@H](CC[C@H](C)O)[C@H]12. The van der Waals surface area contributed by atoms with Crippen LogP contribution in [0.5, 0.6) is 0 Å². The third kappa shape index (κ3) is 3.47. The molecule has 1 saturated carbocycles. The van der Waals surface area contributed by atoms with Gasteiger partial charge >= 0.3 is 0 Å². The Morgan fingerprint density at radius 1 is 1.10 bits per heavy atom. The molecule has 6 atom stereocenters. The van der Waals surface area contributed by atoms with Crippen LogP contribution in [0.4, 0.5) is 0 Å². The van der Waals surface area contributed by atoms with E-state index in [-0.39, 0.29) is 6.10 Å². The summed E-state index contributed by atoms with van der Waals surface area (Å²) in [4.78, 5) is 2.82. The fourth-order valence-corrected chi connectivity index (χ4v) is 5.68. The molecule has 2 aliphatic rings. The molecule has 0 spiro atoms. The van der Waals surface area contributed by atoms with E-state index in [0.717, 1.165) is 36.1 Å². The van der Waals surface area contributed by atoms with E-state index in [4.69, 9.17) is 0 Å². The van der Waals surface area contributed by atoms with Gasteiger partial charge in [0.1, 0.15) is 0 Å². The highest BCUT2D eigenvalue weighted by molar-refractivity contribution is 5.04. The lowest BCUT2D eigenvalue weighted by molar-refractivity contribution is 0.0819. The fourth-order valence-electron chi connectivity index (χ4n) is 5.68. The van der Waals surface area contributed by atoms with E-state index in [1.807, 2.05) is 6.92 Å². The van der Waals surface area contributed by atoms with Gasteiger partial charge in [0, 0.05) is 18.1 Å². The van der Waals surface area contributed by atoms with Crippen molar-refractivity contribution in [3.05, 3.63) is 0 Å². The number of rotatable bonds is 5. The second-order valence-corrected chi connectivity index (χ2v) is 8.36. The molecule has 1 N–H and O–H groups in total. The van der Waals surface area contributed by atoms with Crippen molar-refractivity contribution >= 4 is 0 Å². The van der Waals surface area contributed by atoms with E-state index >= 15 is 0 Å². The summed E-state index contributed by atoms with van der Waals surface area (Å²) < 4.78 is 0. The molecule has 0 aromatic heterocycles. The first-order chi connectivity index (χ1) is 9.84. The zero-order valence-corrected chi connectivity index (χ0v) is 15.0.